The van der Waals surface area contributed by atoms with Crippen LogP contribution in [0.2, 0.25) is 0 Å². The molecule has 6 heteroatoms. The molecule has 0 spiro atoms. The van der Waals surface area contributed by atoms with E-state index in [0.717, 1.165) is 21.7 Å². The lowest BCUT2D eigenvalue weighted by Gasteiger charge is -2.13. The minimum Gasteiger partial charge on any atom is -0.329 e. The van der Waals surface area contributed by atoms with Crippen LogP contribution in [0.25, 0.3) is 0 Å². The maximum Gasteiger partial charge on any atom is 0.324 e. The molecule has 2 N–H and O–H groups in total. The number of amides is 4. The molecule has 2 aromatic carbocycles. The lowest BCUT2D eigenvalue weighted by Crippen LogP contribution is -2.30. The minimum atomic E-state index is -0.388. The number of carbonyl (C=O) groups is 3. The molecule has 122 valence electrons. The molecule has 0 unspecified atom stereocenters. The van der Waals surface area contributed by atoms with Crippen LogP contribution in [-0.2, 0) is 11.3 Å². The van der Waals surface area contributed by atoms with Crippen molar-refractivity contribution in [1.29, 1.82) is 0 Å². The molecule has 0 aliphatic carbocycles. The maximum atomic E-state index is 12.3. The number of hydrogen-bond acceptors (Lipinski definition) is 3. The van der Waals surface area contributed by atoms with Crippen molar-refractivity contribution in [3.8, 4) is 0 Å². The van der Waals surface area contributed by atoms with Crippen molar-refractivity contribution in [2.45, 2.75) is 13.5 Å². The molecule has 1 aliphatic rings. The molecule has 0 saturated carbocycles. The number of nitrogens with one attached hydrogen (secondary N) is 2. The summed E-state index contributed by atoms with van der Waals surface area (Å²) in [6.45, 7) is 2.16. The quantitative estimate of drug-likeness (QED) is 0.848. The molecule has 1 fully saturated rings. The van der Waals surface area contributed by atoms with Gasteiger partial charge in [-0.2, -0.15) is 0 Å². The van der Waals surface area contributed by atoms with Crippen LogP contribution in [0.15, 0.2) is 48.5 Å². The standard InChI is InChI=1S/C18H17N3O3/c1-12-4-2-3-5-15(12)20-17(23)14-8-6-13(7-9-14)11-21-16(22)10-19-18(21)24/h2-9H,10-11H2,1H3,(H,19,24)(H,20,23). The molecule has 0 atom stereocenters. The van der Waals surface area contributed by atoms with Crippen LogP contribution in [0, 0.1) is 6.92 Å². The number of anilines is 1. The fourth-order valence-corrected chi connectivity index (χ4v) is 2.47. The van der Waals surface area contributed by atoms with E-state index in [-0.39, 0.29) is 30.9 Å². The monoisotopic (exact) mass is 323 g/mol. The number of para-hydroxylation sites is 1. The van der Waals surface area contributed by atoms with Gasteiger partial charge in [-0.3, -0.25) is 14.5 Å². The maximum absolute atomic E-state index is 12.3. The van der Waals surface area contributed by atoms with Crippen molar-refractivity contribution in [2.75, 3.05) is 11.9 Å². The van der Waals surface area contributed by atoms with Crippen molar-refractivity contribution < 1.29 is 14.4 Å². The molecule has 0 radical (unpaired) electrons. The smallest absolute Gasteiger partial charge is 0.324 e. The van der Waals surface area contributed by atoms with Gasteiger partial charge in [0, 0.05) is 11.3 Å². The second kappa shape index (κ2) is 6.54. The number of imide groups is 1. The molecule has 6 nitrogen and oxygen atoms in total. The molecule has 24 heavy (non-hydrogen) atoms. The molecule has 1 aliphatic heterocycles. The number of hydrogen-bond donors (Lipinski definition) is 2. The number of rotatable bonds is 4. The van der Waals surface area contributed by atoms with Crippen LogP contribution in [0.1, 0.15) is 21.5 Å². The Balaban J connectivity index is 1.68. The van der Waals surface area contributed by atoms with E-state index in [1.54, 1.807) is 24.3 Å². The van der Waals surface area contributed by atoms with Gasteiger partial charge in [0.05, 0.1) is 13.1 Å². The van der Waals surface area contributed by atoms with E-state index in [2.05, 4.69) is 10.6 Å². The van der Waals surface area contributed by atoms with E-state index in [4.69, 9.17) is 0 Å². The molecule has 3 rings (SSSR count). The second-order valence-electron chi connectivity index (χ2n) is 5.60. The van der Waals surface area contributed by atoms with Gasteiger partial charge in [0.15, 0.2) is 0 Å². The second-order valence-corrected chi connectivity index (χ2v) is 5.60. The van der Waals surface area contributed by atoms with Crippen molar-refractivity contribution in [2.24, 2.45) is 0 Å². The van der Waals surface area contributed by atoms with Gasteiger partial charge in [-0.1, -0.05) is 30.3 Å². The van der Waals surface area contributed by atoms with Crippen LogP contribution >= 0.6 is 0 Å². The summed E-state index contributed by atoms with van der Waals surface area (Å²) in [5.41, 5.74) is 3.05. The minimum absolute atomic E-state index is 0.0374. The number of carbonyl (C=O) groups excluding carboxylic acids is 3. The zero-order chi connectivity index (χ0) is 17.1. The highest BCUT2D eigenvalue weighted by molar-refractivity contribution is 6.04. The highest BCUT2D eigenvalue weighted by atomic mass is 16.2. The van der Waals surface area contributed by atoms with E-state index in [0.29, 0.717) is 5.56 Å². The summed E-state index contributed by atoms with van der Waals surface area (Å²) in [7, 11) is 0. The predicted molar refractivity (Wildman–Crippen MR) is 89.5 cm³/mol. The molecule has 1 saturated heterocycles. The van der Waals surface area contributed by atoms with Gasteiger partial charge < -0.3 is 10.6 Å². The Morgan fingerprint density at radius 1 is 1.12 bits per heavy atom. The average Bonchev–Trinajstić information content (AvgIpc) is 2.89. The van der Waals surface area contributed by atoms with Gasteiger partial charge in [-0.05, 0) is 36.2 Å². The molecule has 0 bridgehead atoms. The number of aryl methyl sites for hydroxylation is 1. The third-order valence-corrected chi connectivity index (χ3v) is 3.89. The van der Waals surface area contributed by atoms with Gasteiger partial charge in [0.2, 0.25) is 5.91 Å². The van der Waals surface area contributed by atoms with Gasteiger partial charge in [0.1, 0.15) is 0 Å². The van der Waals surface area contributed by atoms with Crippen LogP contribution in [-0.4, -0.2) is 29.3 Å². The largest absolute Gasteiger partial charge is 0.329 e. The predicted octanol–water partition coefficient (Wildman–Crippen LogP) is 2.30. The van der Waals surface area contributed by atoms with Gasteiger partial charge in [0.25, 0.3) is 5.91 Å². The Bertz CT molecular complexity index is 783. The van der Waals surface area contributed by atoms with Crippen molar-refractivity contribution in [3.05, 3.63) is 65.2 Å². The third-order valence-electron chi connectivity index (χ3n) is 3.89. The number of nitrogens with zero attached hydrogens (tertiary/aromatic N) is 1. The Morgan fingerprint density at radius 3 is 2.46 bits per heavy atom. The first-order valence-corrected chi connectivity index (χ1v) is 7.59. The van der Waals surface area contributed by atoms with Crippen molar-refractivity contribution in [1.82, 2.24) is 10.2 Å². The normalized spacial score (nSPS) is 13.8. The number of urea groups is 1. The van der Waals surface area contributed by atoms with Crippen molar-refractivity contribution >= 4 is 23.5 Å². The summed E-state index contributed by atoms with van der Waals surface area (Å²) < 4.78 is 0. The molecular weight excluding hydrogens is 306 g/mol. The Labute approximate surface area is 139 Å². The lowest BCUT2D eigenvalue weighted by atomic mass is 10.1. The molecule has 0 aromatic heterocycles. The van der Waals surface area contributed by atoms with Crippen molar-refractivity contribution in [3.63, 3.8) is 0 Å². The first-order chi connectivity index (χ1) is 11.5. The third kappa shape index (κ3) is 3.27. The summed E-state index contributed by atoms with van der Waals surface area (Å²) in [5, 5.41) is 5.34. The number of benzene rings is 2. The van der Waals surface area contributed by atoms with E-state index in [1.165, 1.54) is 0 Å². The van der Waals surface area contributed by atoms with Crippen LogP contribution < -0.4 is 10.6 Å². The SMILES string of the molecule is Cc1ccccc1NC(=O)c1ccc(CN2C(=O)CNC2=O)cc1. The molecule has 1 heterocycles. The summed E-state index contributed by atoms with van der Waals surface area (Å²) in [5.74, 6) is -0.452. The van der Waals surface area contributed by atoms with E-state index in [1.807, 2.05) is 31.2 Å². The fraction of sp³-hybridized carbons (Fsp3) is 0.167. The van der Waals surface area contributed by atoms with E-state index < -0.39 is 0 Å². The molecular formula is C18H17N3O3. The summed E-state index contributed by atoms with van der Waals surface area (Å²) in [4.78, 5) is 36.5. The Morgan fingerprint density at radius 2 is 1.83 bits per heavy atom. The first kappa shape index (κ1) is 15.7. The summed E-state index contributed by atoms with van der Waals surface area (Å²) >= 11 is 0. The first-order valence-electron chi connectivity index (χ1n) is 7.59. The van der Waals surface area contributed by atoms with Crippen LogP contribution in [0.5, 0.6) is 0 Å². The Kier molecular flexibility index (Phi) is 4.29. The molecule has 2 aromatic rings. The summed E-state index contributed by atoms with van der Waals surface area (Å²) in [6.07, 6.45) is 0. The fourth-order valence-electron chi connectivity index (χ4n) is 2.47. The molecule has 4 amide bonds. The Hall–Kier alpha value is -3.15. The van der Waals surface area contributed by atoms with Gasteiger partial charge in [-0.25, -0.2) is 4.79 Å². The van der Waals surface area contributed by atoms with Crippen LogP contribution in [0.4, 0.5) is 10.5 Å². The van der Waals surface area contributed by atoms with Gasteiger partial charge in [-0.15, -0.1) is 0 Å². The van der Waals surface area contributed by atoms with Crippen LogP contribution in [0.3, 0.4) is 0 Å². The highest BCUT2D eigenvalue weighted by Gasteiger charge is 2.28. The zero-order valence-corrected chi connectivity index (χ0v) is 13.2. The lowest BCUT2D eigenvalue weighted by molar-refractivity contribution is -0.125. The van der Waals surface area contributed by atoms with E-state index >= 15 is 0 Å². The zero-order valence-electron chi connectivity index (χ0n) is 13.2. The highest BCUT2D eigenvalue weighted by Crippen LogP contribution is 2.16. The summed E-state index contributed by atoms with van der Waals surface area (Å²) in [6, 6.07) is 14.0. The van der Waals surface area contributed by atoms with E-state index in [9.17, 15) is 14.4 Å². The average molecular weight is 323 g/mol. The van der Waals surface area contributed by atoms with Gasteiger partial charge >= 0.3 is 6.03 Å². The topological polar surface area (TPSA) is 78.5 Å².